The first-order chi connectivity index (χ1) is 10.1. The fourth-order valence-corrected chi connectivity index (χ4v) is 2.66. The minimum atomic E-state index is 0.478. The number of aromatic amines is 1. The zero-order valence-corrected chi connectivity index (χ0v) is 12.9. The summed E-state index contributed by atoms with van der Waals surface area (Å²) in [5, 5.41) is 10.9. The Kier molecular flexibility index (Phi) is 3.92. The van der Waals surface area contributed by atoms with Crippen LogP contribution >= 0.6 is 0 Å². The predicted molar refractivity (Wildman–Crippen MR) is 85.6 cm³/mol. The largest absolute Gasteiger partial charge is 0.337 e. The van der Waals surface area contributed by atoms with E-state index in [1.165, 1.54) is 5.56 Å². The number of nitrogens with zero attached hydrogens (tertiary/aromatic N) is 3. The summed E-state index contributed by atoms with van der Waals surface area (Å²) in [6.45, 7) is 9.47. The van der Waals surface area contributed by atoms with Crippen molar-refractivity contribution in [3.63, 3.8) is 0 Å². The third kappa shape index (κ3) is 3.08. The third-order valence-electron chi connectivity index (χ3n) is 3.98. The van der Waals surface area contributed by atoms with Crippen LogP contribution < -0.4 is 10.2 Å². The van der Waals surface area contributed by atoms with Gasteiger partial charge in [-0.05, 0) is 18.4 Å². The normalized spacial score (nSPS) is 19.2. The molecule has 1 saturated heterocycles. The molecule has 0 aliphatic carbocycles. The fourth-order valence-electron chi connectivity index (χ4n) is 2.66. The van der Waals surface area contributed by atoms with Crippen LogP contribution in [0.25, 0.3) is 11.4 Å². The molecule has 21 heavy (non-hydrogen) atoms. The van der Waals surface area contributed by atoms with Gasteiger partial charge in [0.2, 0.25) is 5.95 Å². The van der Waals surface area contributed by atoms with Gasteiger partial charge in [0, 0.05) is 31.2 Å². The Bertz CT molecular complexity index is 587. The molecule has 1 fully saturated rings. The number of hydrogen-bond donors (Lipinski definition) is 2. The van der Waals surface area contributed by atoms with Crippen LogP contribution in [0.1, 0.15) is 32.3 Å². The lowest BCUT2D eigenvalue weighted by atomic mass is 10.0. The SMILES string of the molecule is CC(C)c1ccc(-c2nc(N3CCN[C@@H](C)C3)n[nH]2)cc1. The summed E-state index contributed by atoms with van der Waals surface area (Å²) < 4.78 is 0. The van der Waals surface area contributed by atoms with E-state index in [-0.39, 0.29) is 0 Å². The minimum Gasteiger partial charge on any atom is -0.337 e. The number of H-pyrrole nitrogens is 1. The maximum atomic E-state index is 4.64. The van der Waals surface area contributed by atoms with Crippen molar-refractivity contribution in [3.8, 4) is 11.4 Å². The van der Waals surface area contributed by atoms with Crippen molar-refractivity contribution in [2.75, 3.05) is 24.5 Å². The Morgan fingerprint density at radius 3 is 2.67 bits per heavy atom. The van der Waals surface area contributed by atoms with Crippen LogP contribution in [-0.2, 0) is 0 Å². The number of piperazine rings is 1. The van der Waals surface area contributed by atoms with Crippen molar-refractivity contribution in [2.24, 2.45) is 0 Å². The van der Waals surface area contributed by atoms with Crippen LogP contribution in [-0.4, -0.2) is 40.9 Å². The summed E-state index contributed by atoms with van der Waals surface area (Å²) in [5.41, 5.74) is 2.43. The third-order valence-corrected chi connectivity index (χ3v) is 3.98. The summed E-state index contributed by atoms with van der Waals surface area (Å²) in [6, 6.07) is 9.02. The minimum absolute atomic E-state index is 0.478. The number of hydrogen-bond acceptors (Lipinski definition) is 4. The van der Waals surface area contributed by atoms with Gasteiger partial charge in [0.1, 0.15) is 0 Å². The van der Waals surface area contributed by atoms with Crippen molar-refractivity contribution in [1.82, 2.24) is 20.5 Å². The van der Waals surface area contributed by atoms with Crippen LogP contribution in [0.2, 0.25) is 0 Å². The Morgan fingerprint density at radius 2 is 2.00 bits per heavy atom. The summed E-state index contributed by atoms with van der Waals surface area (Å²) in [7, 11) is 0. The molecule has 112 valence electrons. The van der Waals surface area contributed by atoms with Crippen molar-refractivity contribution in [2.45, 2.75) is 32.7 Å². The maximum absolute atomic E-state index is 4.64. The summed E-state index contributed by atoms with van der Waals surface area (Å²) in [5.74, 6) is 2.18. The lowest BCUT2D eigenvalue weighted by Crippen LogP contribution is -2.49. The number of nitrogens with one attached hydrogen (secondary N) is 2. The van der Waals surface area contributed by atoms with Gasteiger partial charge in [-0.2, -0.15) is 4.98 Å². The average molecular weight is 285 g/mol. The van der Waals surface area contributed by atoms with Gasteiger partial charge in [0.15, 0.2) is 5.82 Å². The first kappa shape index (κ1) is 14.1. The maximum Gasteiger partial charge on any atom is 0.245 e. The molecule has 0 saturated carbocycles. The van der Waals surface area contributed by atoms with Gasteiger partial charge in [-0.25, -0.2) is 0 Å². The van der Waals surface area contributed by atoms with Crippen molar-refractivity contribution in [1.29, 1.82) is 0 Å². The second-order valence-corrected chi connectivity index (χ2v) is 6.06. The number of benzene rings is 1. The van der Waals surface area contributed by atoms with E-state index in [9.17, 15) is 0 Å². The quantitative estimate of drug-likeness (QED) is 0.909. The lowest BCUT2D eigenvalue weighted by molar-refractivity contribution is 0.480. The molecule has 0 bridgehead atoms. The monoisotopic (exact) mass is 285 g/mol. The molecule has 1 aliphatic heterocycles. The molecule has 5 heteroatoms. The van der Waals surface area contributed by atoms with E-state index in [1.54, 1.807) is 0 Å². The Labute approximate surface area is 125 Å². The van der Waals surface area contributed by atoms with E-state index >= 15 is 0 Å². The Hall–Kier alpha value is -1.88. The molecule has 1 aromatic carbocycles. The molecule has 0 spiro atoms. The van der Waals surface area contributed by atoms with E-state index in [1.807, 2.05) is 0 Å². The van der Waals surface area contributed by atoms with Crippen LogP contribution in [0.3, 0.4) is 0 Å². The van der Waals surface area contributed by atoms with Gasteiger partial charge in [0.25, 0.3) is 0 Å². The van der Waals surface area contributed by atoms with Gasteiger partial charge in [0.05, 0.1) is 0 Å². The van der Waals surface area contributed by atoms with Crippen molar-refractivity contribution >= 4 is 5.95 Å². The van der Waals surface area contributed by atoms with E-state index in [4.69, 9.17) is 0 Å². The molecular formula is C16H23N5. The molecule has 2 aromatic rings. The summed E-state index contributed by atoms with van der Waals surface area (Å²) in [6.07, 6.45) is 0. The standard InChI is InChI=1S/C16H23N5/c1-11(2)13-4-6-14(7-5-13)15-18-16(20-19-15)21-9-8-17-12(3)10-21/h4-7,11-12,17H,8-10H2,1-3H3,(H,18,19,20)/t12-/m0/s1. The van der Waals surface area contributed by atoms with Gasteiger partial charge in [-0.1, -0.05) is 38.1 Å². The predicted octanol–water partition coefficient (Wildman–Crippen LogP) is 2.39. The molecule has 0 radical (unpaired) electrons. The molecule has 2 heterocycles. The van der Waals surface area contributed by atoms with E-state index < -0.39 is 0 Å². The van der Waals surface area contributed by atoms with Crippen LogP contribution in [0.4, 0.5) is 5.95 Å². The molecule has 1 aliphatic rings. The lowest BCUT2D eigenvalue weighted by Gasteiger charge is -2.30. The van der Waals surface area contributed by atoms with Crippen LogP contribution in [0.15, 0.2) is 24.3 Å². The van der Waals surface area contributed by atoms with E-state index in [0.717, 1.165) is 37.0 Å². The first-order valence-electron chi connectivity index (χ1n) is 7.64. The molecule has 0 unspecified atom stereocenters. The van der Waals surface area contributed by atoms with Crippen molar-refractivity contribution in [3.05, 3.63) is 29.8 Å². The van der Waals surface area contributed by atoms with E-state index in [2.05, 4.69) is 70.4 Å². The fraction of sp³-hybridized carbons (Fsp3) is 0.500. The molecule has 3 rings (SSSR count). The highest BCUT2D eigenvalue weighted by Crippen LogP contribution is 2.21. The van der Waals surface area contributed by atoms with Gasteiger partial charge in [-0.3, -0.25) is 5.10 Å². The topological polar surface area (TPSA) is 56.8 Å². The smallest absolute Gasteiger partial charge is 0.245 e. The zero-order chi connectivity index (χ0) is 14.8. The highest BCUT2D eigenvalue weighted by atomic mass is 15.4. The highest BCUT2D eigenvalue weighted by molar-refractivity contribution is 5.57. The van der Waals surface area contributed by atoms with E-state index in [0.29, 0.717) is 12.0 Å². The summed E-state index contributed by atoms with van der Waals surface area (Å²) >= 11 is 0. The molecule has 2 N–H and O–H groups in total. The Balaban J connectivity index is 1.78. The number of aromatic nitrogens is 3. The zero-order valence-electron chi connectivity index (χ0n) is 12.9. The van der Waals surface area contributed by atoms with Gasteiger partial charge >= 0.3 is 0 Å². The number of anilines is 1. The van der Waals surface area contributed by atoms with Gasteiger partial charge < -0.3 is 10.2 Å². The number of rotatable bonds is 3. The van der Waals surface area contributed by atoms with Crippen molar-refractivity contribution < 1.29 is 0 Å². The molecule has 1 atom stereocenters. The summed E-state index contributed by atoms with van der Waals surface area (Å²) in [4.78, 5) is 6.87. The molecule has 0 amide bonds. The first-order valence-corrected chi connectivity index (χ1v) is 7.64. The van der Waals surface area contributed by atoms with Crippen LogP contribution in [0, 0.1) is 0 Å². The highest BCUT2D eigenvalue weighted by Gasteiger charge is 2.19. The van der Waals surface area contributed by atoms with Gasteiger partial charge in [-0.15, -0.1) is 5.10 Å². The second kappa shape index (κ2) is 5.85. The molecule has 1 aromatic heterocycles. The molecule has 5 nitrogen and oxygen atoms in total. The second-order valence-electron chi connectivity index (χ2n) is 6.06. The average Bonchev–Trinajstić information content (AvgIpc) is 2.97. The molecular weight excluding hydrogens is 262 g/mol. The van der Waals surface area contributed by atoms with Crippen LogP contribution in [0.5, 0.6) is 0 Å². The Morgan fingerprint density at radius 1 is 1.24 bits per heavy atom.